The monoisotopic (exact) mass is 281 g/mol. The lowest BCUT2D eigenvalue weighted by molar-refractivity contribution is -0.0494. The van der Waals surface area contributed by atoms with Crippen LogP contribution in [0, 0.1) is 0 Å². The van der Waals surface area contributed by atoms with Crippen molar-refractivity contribution >= 4 is 0 Å². The third-order valence-electron chi connectivity index (χ3n) is 3.28. The van der Waals surface area contributed by atoms with Gasteiger partial charge in [0, 0.05) is 17.0 Å². The second-order valence-corrected chi connectivity index (χ2v) is 4.68. The zero-order valence-electron chi connectivity index (χ0n) is 10.6. The van der Waals surface area contributed by atoms with Gasteiger partial charge in [-0.1, -0.05) is 17.3 Å². The van der Waals surface area contributed by atoms with Crippen LogP contribution in [0.25, 0.3) is 11.3 Å². The van der Waals surface area contributed by atoms with E-state index in [0.29, 0.717) is 22.6 Å². The standard InChI is InChI=1S/C14H13F2NO3/c15-14(16)19-11-4-2-1-3-9(11)12-10(7-18)13(20-17-12)8-5-6-8/h1-4,8,14,18H,5-7H2. The quantitative estimate of drug-likeness (QED) is 0.913. The summed E-state index contributed by atoms with van der Waals surface area (Å²) in [5.74, 6) is 0.948. The summed E-state index contributed by atoms with van der Waals surface area (Å²) in [6.07, 6.45) is 1.99. The largest absolute Gasteiger partial charge is 0.434 e. The molecule has 1 N–H and O–H groups in total. The summed E-state index contributed by atoms with van der Waals surface area (Å²) in [4.78, 5) is 0. The Bertz CT molecular complexity index is 608. The highest BCUT2D eigenvalue weighted by Gasteiger charge is 2.32. The predicted molar refractivity (Wildman–Crippen MR) is 66.5 cm³/mol. The molecule has 0 aliphatic heterocycles. The van der Waals surface area contributed by atoms with E-state index in [9.17, 15) is 13.9 Å². The minimum Gasteiger partial charge on any atom is -0.434 e. The van der Waals surface area contributed by atoms with Crippen molar-refractivity contribution in [2.24, 2.45) is 0 Å². The van der Waals surface area contributed by atoms with Crippen molar-refractivity contribution in [2.45, 2.75) is 32.0 Å². The van der Waals surface area contributed by atoms with Crippen LogP contribution in [0.4, 0.5) is 8.78 Å². The van der Waals surface area contributed by atoms with Gasteiger partial charge in [-0.15, -0.1) is 0 Å². The van der Waals surface area contributed by atoms with Crippen LogP contribution in [-0.2, 0) is 6.61 Å². The second-order valence-electron chi connectivity index (χ2n) is 4.68. The van der Waals surface area contributed by atoms with Crippen LogP contribution < -0.4 is 4.74 Å². The lowest BCUT2D eigenvalue weighted by atomic mass is 10.0. The van der Waals surface area contributed by atoms with E-state index in [2.05, 4.69) is 9.89 Å². The Labute approximate surface area is 114 Å². The highest BCUT2D eigenvalue weighted by Crippen LogP contribution is 2.45. The van der Waals surface area contributed by atoms with Crippen LogP contribution in [0.15, 0.2) is 28.8 Å². The Kier molecular flexibility index (Phi) is 3.40. The summed E-state index contributed by atoms with van der Waals surface area (Å²) < 4.78 is 34.6. The van der Waals surface area contributed by atoms with Gasteiger partial charge < -0.3 is 14.4 Å². The first-order valence-corrected chi connectivity index (χ1v) is 6.34. The second kappa shape index (κ2) is 5.20. The molecule has 0 amide bonds. The van der Waals surface area contributed by atoms with Gasteiger partial charge in [-0.3, -0.25) is 0 Å². The summed E-state index contributed by atoms with van der Waals surface area (Å²) in [5, 5.41) is 13.4. The number of aromatic nitrogens is 1. The van der Waals surface area contributed by atoms with E-state index in [1.807, 2.05) is 0 Å². The smallest absolute Gasteiger partial charge is 0.387 e. The fourth-order valence-corrected chi connectivity index (χ4v) is 2.21. The van der Waals surface area contributed by atoms with E-state index in [1.165, 1.54) is 6.07 Å². The molecule has 1 aliphatic carbocycles. The Morgan fingerprint density at radius 2 is 2.10 bits per heavy atom. The first-order valence-electron chi connectivity index (χ1n) is 6.34. The zero-order valence-corrected chi connectivity index (χ0v) is 10.6. The molecule has 1 fully saturated rings. The van der Waals surface area contributed by atoms with Gasteiger partial charge in [0.2, 0.25) is 0 Å². The molecular weight excluding hydrogens is 268 g/mol. The summed E-state index contributed by atoms with van der Waals surface area (Å²) in [5.41, 5.74) is 1.32. The van der Waals surface area contributed by atoms with E-state index in [0.717, 1.165) is 12.8 Å². The number of nitrogens with zero attached hydrogens (tertiary/aromatic N) is 1. The Morgan fingerprint density at radius 1 is 1.35 bits per heavy atom. The average Bonchev–Trinajstić information content (AvgIpc) is 3.18. The molecule has 0 atom stereocenters. The van der Waals surface area contributed by atoms with Crippen molar-refractivity contribution in [1.29, 1.82) is 0 Å². The van der Waals surface area contributed by atoms with Crippen molar-refractivity contribution in [3.8, 4) is 17.0 Å². The minimum atomic E-state index is -2.91. The molecule has 2 aromatic rings. The third kappa shape index (κ3) is 2.38. The molecule has 1 aromatic heterocycles. The van der Waals surface area contributed by atoms with Crippen molar-refractivity contribution in [1.82, 2.24) is 5.16 Å². The molecule has 0 bridgehead atoms. The number of para-hydroxylation sites is 1. The summed E-state index contributed by atoms with van der Waals surface area (Å²) in [6, 6.07) is 6.35. The highest BCUT2D eigenvalue weighted by molar-refractivity contribution is 5.70. The van der Waals surface area contributed by atoms with Crippen molar-refractivity contribution in [2.75, 3.05) is 0 Å². The number of ether oxygens (including phenoxy) is 1. The molecule has 0 radical (unpaired) electrons. The van der Waals surface area contributed by atoms with Gasteiger partial charge in [-0.05, 0) is 25.0 Å². The summed E-state index contributed by atoms with van der Waals surface area (Å²) >= 11 is 0. The molecule has 0 unspecified atom stereocenters. The molecular formula is C14H13F2NO3. The van der Waals surface area contributed by atoms with Crippen molar-refractivity contribution < 1.29 is 23.1 Å². The maximum Gasteiger partial charge on any atom is 0.387 e. The first kappa shape index (κ1) is 13.1. The third-order valence-corrected chi connectivity index (χ3v) is 3.28. The number of aliphatic hydroxyl groups is 1. The molecule has 20 heavy (non-hydrogen) atoms. The van der Waals surface area contributed by atoms with Crippen LogP contribution in [0.2, 0.25) is 0 Å². The molecule has 1 aromatic carbocycles. The van der Waals surface area contributed by atoms with E-state index in [1.54, 1.807) is 18.2 Å². The Morgan fingerprint density at radius 3 is 2.75 bits per heavy atom. The van der Waals surface area contributed by atoms with Crippen LogP contribution in [-0.4, -0.2) is 16.9 Å². The molecule has 0 spiro atoms. The van der Waals surface area contributed by atoms with E-state index < -0.39 is 6.61 Å². The molecule has 0 saturated heterocycles. The fourth-order valence-electron chi connectivity index (χ4n) is 2.21. The molecule has 1 heterocycles. The molecule has 1 saturated carbocycles. The molecule has 4 nitrogen and oxygen atoms in total. The number of aliphatic hydroxyl groups excluding tert-OH is 1. The lowest BCUT2D eigenvalue weighted by Gasteiger charge is -2.09. The van der Waals surface area contributed by atoms with Crippen LogP contribution in [0.1, 0.15) is 30.1 Å². The number of halogens is 2. The van der Waals surface area contributed by atoms with Crippen molar-refractivity contribution in [3.05, 3.63) is 35.6 Å². The summed E-state index contributed by atoms with van der Waals surface area (Å²) in [7, 11) is 0. The van der Waals surface area contributed by atoms with Crippen LogP contribution in [0.5, 0.6) is 5.75 Å². The molecule has 3 rings (SSSR count). The number of rotatable bonds is 5. The topological polar surface area (TPSA) is 55.5 Å². The molecule has 6 heteroatoms. The van der Waals surface area contributed by atoms with E-state index in [4.69, 9.17) is 4.52 Å². The van der Waals surface area contributed by atoms with Gasteiger partial charge >= 0.3 is 6.61 Å². The first-order chi connectivity index (χ1) is 9.70. The van der Waals surface area contributed by atoms with Gasteiger partial charge in [0.25, 0.3) is 0 Å². The maximum absolute atomic E-state index is 12.4. The molecule has 1 aliphatic rings. The fraction of sp³-hybridized carbons (Fsp3) is 0.357. The van der Waals surface area contributed by atoms with Gasteiger partial charge in [0.1, 0.15) is 17.2 Å². The van der Waals surface area contributed by atoms with Gasteiger partial charge in [0.15, 0.2) is 0 Å². The number of hydrogen-bond acceptors (Lipinski definition) is 4. The van der Waals surface area contributed by atoms with Gasteiger partial charge in [0.05, 0.1) is 6.61 Å². The minimum absolute atomic E-state index is 0.0212. The van der Waals surface area contributed by atoms with Crippen LogP contribution in [0.3, 0.4) is 0 Å². The number of benzene rings is 1. The van der Waals surface area contributed by atoms with E-state index in [-0.39, 0.29) is 18.3 Å². The maximum atomic E-state index is 12.4. The normalized spacial score (nSPS) is 14.8. The highest BCUT2D eigenvalue weighted by atomic mass is 19.3. The zero-order chi connectivity index (χ0) is 14.1. The number of hydrogen-bond donors (Lipinski definition) is 1. The Balaban J connectivity index is 2.04. The lowest BCUT2D eigenvalue weighted by Crippen LogP contribution is -2.03. The predicted octanol–water partition coefficient (Wildman–Crippen LogP) is 3.31. The van der Waals surface area contributed by atoms with Gasteiger partial charge in [-0.2, -0.15) is 8.78 Å². The van der Waals surface area contributed by atoms with Crippen molar-refractivity contribution in [3.63, 3.8) is 0 Å². The average molecular weight is 281 g/mol. The SMILES string of the molecule is OCc1c(-c2ccccc2OC(F)F)noc1C1CC1. The summed E-state index contributed by atoms with van der Waals surface area (Å²) in [6.45, 7) is -3.16. The Hall–Kier alpha value is -1.95. The number of alkyl halides is 2. The van der Waals surface area contributed by atoms with Crippen LogP contribution >= 0.6 is 0 Å². The van der Waals surface area contributed by atoms with E-state index >= 15 is 0 Å². The van der Waals surface area contributed by atoms with Gasteiger partial charge in [-0.25, -0.2) is 0 Å². The molecule has 106 valence electrons.